The lowest BCUT2D eigenvalue weighted by atomic mass is 9.75. The number of hydrogen-bond acceptors (Lipinski definition) is 4. The molecule has 0 aliphatic carbocycles. The molecule has 1 aliphatic heterocycles. The molecule has 160 valence electrons. The second-order valence-electron chi connectivity index (χ2n) is 8.06. The first kappa shape index (κ1) is 21.9. The summed E-state index contributed by atoms with van der Waals surface area (Å²) in [6.45, 7) is 10.0. The molecule has 0 amide bonds. The number of rotatable bonds is 7. The molecule has 4 atom stereocenters. The molecule has 3 rings (SSSR count). The van der Waals surface area contributed by atoms with Crippen LogP contribution in [-0.2, 0) is 9.53 Å². The van der Waals surface area contributed by atoms with E-state index in [-0.39, 0.29) is 24.0 Å². The summed E-state index contributed by atoms with van der Waals surface area (Å²) in [7, 11) is 1.60. The zero-order valence-electron chi connectivity index (χ0n) is 18.1. The molecule has 0 radical (unpaired) electrons. The van der Waals surface area contributed by atoms with Crippen LogP contribution in [-0.4, -0.2) is 30.9 Å². The Balaban J connectivity index is 1.97. The van der Waals surface area contributed by atoms with Crippen molar-refractivity contribution in [2.75, 3.05) is 13.7 Å². The van der Waals surface area contributed by atoms with Crippen molar-refractivity contribution in [3.8, 4) is 11.5 Å². The van der Waals surface area contributed by atoms with Crippen LogP contribution >= 0.6 is 0 Å². The lowest BCUT2D eigenvalue weighted by Crippen LogP contribution is -2.34. The Morgan fingerprint density at radius 1 is 1.27 bits per heavy atom. The van der Waals surface area contributed by atoms with Gasteiger partial charge < -0.3 is 19.3 Å². The lowest BCUT2D eigenvalue weighted by Gasteiger charge is -2.42. The van der Waals surface area contributed by atoms with Crippen molar-refractivity contribution in [1.29, 1.82) is 0 Å². The van der Waals surface area contributed by atoms with Gasteiger partial charge in [-0.15, -0.1) is 0 Å². The van der Waals surface area contributed by atoms with Gasteiger partial charge in [-0.1, -0.05) is 42.0 Å². The largest absolute Gasteiger partial charge is 0.497 e. The van der Waals surface area contributed by atoms with Gasteiger partial charge in [0.1, 0.15) is 11.5 Å². The fourth-order valence-corrected chi connectivity index (χ4v) is 4.21. The Bertz CT molecular complexity index is 920. The predicted octanol–water partition coefficient (Wildman–Crippen LogP) is 5.29. The maximum atomic E-state index is 11.0. The molecule has 5 nitrogen and oxygen atoms in total. The first-order valence-electron chi connectivity index (χ1n) is 10.2. The van der Waals surface area contributed by atoms with Gasteiger partial charge in [0, 0.05) is 17.4 Å². The monoisotopic (exact) mass is 410 g/mol. The Morgan fingerprint density at radius 3 is 2.67 bits per heavy atom. The quantitative estimate of drug-likeness (QED) is 0.628. The van der Waals surface area contributed by atoms with E-state index in [1.807, 2.05) is 13.0 Å². The van der Waals surface area contributed by atoms with Crippen LogP contribution in [0, 0.1) is 12.8 Å². The number of aryl methyl sites for hydroxylation is 1. The van der Waals surface area contributed by atoms with Gasteiger partial charge in [0.2, 0.25) is 0 Å². The molecule has 1 fully saturated rings. The molecule has 2 aromatic rings. The number of hydrogen-bond donors (Lipinski definition) is 1. The standard InChI is InChI=1S/C25H30O5/c1-15(2)20-13-21(18-8-6-7-16(3)11-18)17(4)30-25(20)22-12-19(28-5)9-10-23(22)29-14-24(26)27/h6-12,17,20-21,25H,1,13-14H2,2-5H3,(H,26,27)/t17-,20+,21-,25-/m0/s1. The van der Waals surface area contributed by atoms with E-state index in [0.29, 0.717) is 11.5 Å². The molecule has 0 aromatic heterocycles. The Hall–Kier alpha value is -2.79. The zero-order chi connectivity index (χ0) is 21.8. The second-order valence-corrected chi connectivity index (χ2v) is 8.06. The van der Waals surface area contributed by atoms with Crippen LogP contribution in [0.2, 0.25) is 0 Å². The Morgan fingerprint density at radius 2 is 2.03 bits per heavy atom. The Kier molecular flexibility index (Phi) is 6.83. The van der Waals surface area contributed by atoms with Gasteiger partial charge in [-0.25, -0.2) is 4.79 Å². The van der Waals surface area contributed by atoms with Crippen LogP contribution < -0.4 is 9.47 Å². The van der Waals surface area contributed by atoms with Crippen molar-refractivity contribution >= 4 is 5.97 Å². The summed E-state index contributed by atoms with van der Waals surface area (Å²) in [5, 5.41) is 9.05. The number of carbonyl (C=O) groups is 1. The van der Waals surface area contributed by atoms with E-state index in [9.17, 15) is 4.79 Å². The first-order chi connectivity index (χ1) is 14.3. The van der Waals surface area contributed by atoms with Crippen LogP contribution in [0.4, 0.5) is 0 Å². The average molecular weight is 411 g/mol. The summed E-state index contributed by atoms with van der Waals surface area (Å²) >= 11 is 0. The molecule has 2 aromatic carbocycles. The number of aliphatic carboxylic acids is 1. The van der Waals surface area contributed by atoms with Crippen molar-refractivity contribution in [2.45, 2.75) is 45.3 Å². The Labute approximate surface area is 178 Å². The highest BCUT2D eigenvalue weighted by Crippen LogP contribution is 2.48. The first-order valence-corrected chi connectivity index (χ1v) is 10.2. The summed E-state index contributed by atoms with van der Waals surface area (Å²) in [5.74, 6) is 0.453. The van der Waals surface area contributed by atoms with Gasteiger partial charge in [0.25, 0.3) is 0 Å². The minimum absolute atomic E-state index is 0.0223. The van der Waals surface area contributed by atoms with E-state index in [0.717, 1.165) is 17.6 Å². The third-order valence-electron chi connectivity index (χ3n) is 5.78. The highest BCUT2D eigenvalue weighted by molar-refractivity contribution is 5.68. The topological polar surface area (TPSA) is 65.0 Å². The average Bonchev–Trinajstić information content (AvgIpc) is 2.71. The van der Waals surface area contributed by atoms with Gasteiger partial charge in [-0.2, -0.15) is 0 Å². The molecule has 0 bridgehead atoms. The fourth-order valence-electron chi connectivity index (χ4n) is 4.21. The zero-order valence-corrected chi connectivity index (χ0v) is 18.1. The molecule has 1 N–H and O–H groups in total. The maximum absolute atomic E-state index is 11.0. The van der Waals surface area contributed by atoms with E-state index in [4.69, 9.17) is 19.3 Å². The molecule has 1 saturated heterocycles. The maximum Gasteiger partial charge on any atom is 0.341 e. The number of methoxy groups -OCH3 is 1. The van der Waals surface area contributed by atoms with Crippen molar-refractivity contribution in [2.24, 2.45) is 5.92 Å². The molecular weight excluding hydrogens is 380 g/mol. The SMILES string of the molecule is C=C(C)[C@H]1C[C@H](c2cccc(C)c2)[C@H](C)O[C@@H]1c1cc(OC)ccc1OCC(=O)O. The van der Waals surface area contributed by atoms with E-state index in [1.54, 1.807) is 19.2 Å². The summed E-state index contributed by atoms with van der Waals surface area (Å²) in [5.41, 5.74) is 4.31. The number of carboxylic acid groups (broad SMARTS) is 1. The second kappa shape index (κ2) is 9.35. The van der Waals surface area contributed by atoms with E-state index in [2.05, 4.69) is 44.7 Å². The van der Waals surface area contributed by atoms with Gasteiger partial charge >= 0.3 is 5.97 Å². The third-order valence-corrected chi connectivity index (χ3v) is 5.78. The molecule has 5 heteroatoms. The predicted molar refractivity (Wildman–Crippen MR) is 116 cm³/mol. The van der Waals surface area contributed by atoms with Crippen LogP contribution in [0.15, 0.2) is 54.6 Å². The summed E-state index contributed by atoms with van der Waals surface area (Å²) < 4.78 is 17.5. The van der Waals surface area contributed by atoms with Crippen molar-refractivity contribution in [1.82, 2.24) is 0 Å². The van der Waals surface area contributed by atoms with E-state index >= 15 is 0 Å². The molecule has 0 spiro atoms. The highest BCUT2D eigenvalue weighted by atomic mass is 16.5. The van der Waals surface area contributed by atoms with Crippen LogP contribution in [0.1, 0.15) is 49.0 Å². The smallest absolute Gasteiger partial charge is 0.341 e. The molecule has 30 heavy (non-hydrogen) atoms. The summed E-state index contributed by atoms with van der Waals surface area (Å²) in [6, 6.07) is 13.9. The van der Waals surface area contributed by atoms with Gasteiger partial charge in [0.05, 0.1) is 19.3 Å². The number of benzene rings is 2. The molecule has 0 unspecified atom stereocenters. The van der Waals surface area contributed by atoms with E-state index in [1.165, 1.54) is 11.1 Å². The lowest BCUT2D eigenvalue weighted by molar-refractivity contribution is -0.139. The van der Waals surface area contributed by atoms with Gasteiger partial charge in [-0.05, 0) is 51.0 Å². The van der Waals surface area contributed by atoms with Crippen LogP contribution in [0.3, 0.4) is 0 Å². The highest BCUT2D eigenvalue weighted by Gasteiger charge is 2.39. The van der Waals surface area contributed by atoms with Crippen LogP contribution in [0.25, 0.3) is 0 Å². The fraction of sp³-hybridized carbons (Fsp3) is 0.400. The third kappa shape index (κ3) is 4.85. The van der Waals surface area contributed by atoms with Crippen LogP contribution in [0.5, 0.6) is 11.5 Å². The normalized spacial score (nSPS) is 23.6. The minimum atomic E-state index is -1.02. The van der Waals surface area contributed by atoms with Gasteiger partial charge in [0.15, 0.2) is 6.61 Å². The minimum Gasteiger partial charge on any atom is -0.497 e. The molecule has 0 saturated carbocycles. The van der Waals surface area contributed by atoms with Gasteiger partial charge in [-0.3, -0.25) is 0 Å². The number of carboxylic acids is 1. The summed E-state index contributed by atoms with van der Waals surface area (Å²) in [4.78, 5) is 11.0. The van der Waals surface area contributed by atoms with Crippen molar-refractivity contribution < 1.29 is 24.1 Å². The summed E-state index contributed by atoms with van der Waals surface area (Å²) in [6.07, 6.45) is 0.573. The van der Waals surface area contributed by atoms with Crippen molar-refractivity contribution in [3.63, 3.8) is 0 Å². The molecule has 1 aliphatic rings. The van der Waals surface area contributed by atoms with Crippen molar-refractivity contribution in [3.05, 3.63) is 71.3 Å². The molecule has 1 heterocycles. The number of ether oxygens (including phenoxy) is 3. The molecular formula is C25H30O5. The van der Waals surface area contributed by atoms with E-state index < -0.39 is 12.6 Å².